The minimum atomic E-state index is -0.422. The number of anilines is 1. The average Bonchev–Trinajstić information content (AvgIpc) is 2.60. The maximum absolute atomic E-state index is 12.2. The lowest BCUT2D eigenvalue weighted by molar-refractivity contribution is 0.0166. The predicted molar refractivity (Wildman–Crippen MR) is 110 cm³/mol. The van der Waals surface area contributed by atoms with Crippen molar-refractivity contribution < 1.29 is 9.53 Å². The number of carbonyl (C=O) groups is 1. The Morgan fingerprint density at radius 2 is 1.93 bits per heavy atom. The molecule has 1 atom stereocenters. The number of nitrogens with zero attached hydrogens (tertiary/aromatic N) is 2. The molecule has 1 saturated heterocycles. The summed E-state index contributed by atoms with van der Waals surface area (Å²) in [5.41, 5.74) is 9.29. The highest BCUT2D eigenvalue weighted by atomic mass is 16.6. The van der Waals surface area contributed by atoms with Gasteiger partial charge in [-0.05, 0) is 89.1 Å². The molecule has 1 amide bonds. The number of ether oxygens (including phenoxy) is 1. The number of piperidine rings is 1. The van der Waals surface area contributed by atoms with E-state index < -0.39 is 5.60 Å². The van der Waals surface area contributed by atoms with Crippen LogP contribution in [0, 0.1) is 5.92 Å². The van der Waals surface area contributed by atoms with Crippen molar-refractivity contribution in [1.29, 1.82) is 0 Å². The van der Waals surface area contributed by atoms with Gasteiger partial charge in [-0.3, -0.25) is 0 Å². The summed E-state index contributed by atoms with van der Waals surface area (Å²) >= 11 is 0. The number of benzene rings is 1. The van der Waals surface area contributed by atoms with Crippen molar-refractivity contribution in [2.45, 2.75) is 64.5 Å². The maximum atomic E-state index is 12.2. The van der Waals surface area contributed by atoms with Crippen LogP contribution in [0.4, 0.5) is 10.5 Å². The predicted octanol–water partition coefficient (Wildman–Crippen LogP) is 3.71. The van der Waals surface area contributed by atoms with E-state index in [4.69, 9.17) is 10.5 Å². The third kappa shape index (κ3) is 5.38. The number of carbonyl (C=O) groups excluding carboxylic acids is 1. The van der Waals surface area contributed by atoms with Crippen molar-refractivity contribution in [3.8, 4) is 0 Å². The largest absolute Gasteiger partial charge is 0.444 e. The van der Waals surface area contributed by atoms with Gasteiger partial charge in [-0.15, -0.1) is 0 Å². The Bertz CT molecular complexity index is 660. The summed E-state index contributed by atoms with van der Waals surface area (Å²) < 4.78 is 5.50. The zero-order chi connectivity index (χ0) is 19.6. The van der Waals surface area contributed by atoms with Crippen LogP contribution in [0.15, 0.2) is 18.2 Å². The first-order chi connectivity index (χ1) is 12.7. The van der Waals surface area contributed by atoms with E-state index in [2.05, 4.69) is 24.1 Å². The van der Waals surface area contributed by atoms with Gasteiger partial charge in [0.1, 0.15) is 5.60 Å². The van der Waals surface area contributed by atoms with Crippen LogP contribution in [0.25, 0.3) is 0 Å². The molecular formula is C22H35N3O2. The molecule has 1 fully saturated rings. The third-order valence-corrected chi connectivity index (χ3v) is 5.87. The molecule has 5 nitrogen and oxygen atoms in total. The Hall–Kier alpha value is -1.75. The van der Waals surface area contributed by atoms with E-state index in [-0.39, 0.29) is 6.09 Å². The van der Waals surface area contributed by atoms with Crippen LogP contribution in [-0.2, 0) is 17.6 Å². The normalized spacial score (nSPS) is 21.2. The van der Waals surface area contributed by atoms with Crippen LogP contribution in [0.5, 0.6) is 0 Å². The SMILES string of the molecule is CN(CC1CCN(C(=O)OC(C)(C)C)CC1)C1CCc2ccc(N)cc2C1. The molecule has 1 aromatic rings. The first kappa shape index (κ1) is 20.0. The highest BCUT2D eigenvalue weighted by Crippen LogP contribution is 2.27. The molecule has 5 heteroatoms. The Morgan fingerprint density at radius 1 is 1.22 bits per heavy atom. The van der Waals surface area contributed by atoms with Gasteiger partial charge in [-0.25, -0.2) is 4.79 Å². The van der Waals surface area contributed by atoms with Crippen LogP contribution >= 0.6 is 0 Å². The monoisotopic (exact) mass is 373 g/mol. The molecule has 1 heterocycles. The number of aryl methyl sites for hydroxylation is 1. The molecule has 2 aliphatic rings. The fourth-order valence-electron chi connectivity index (χ4n) is 4.31. The zero-order valence-corrected chi connectivity index (χ0v) is 17.3. The zero-order valence-electron chi connectivity index (χ0n) is 17.3. The summed E-state index contributed by atoms with van der Waals surface area (Å²) in [4.78, 5) is 16.6. The summed E-state index contributed by atoms with van der Waals surface area (Å²) in [6.07, 6.45) is 5.38. The standard InChI is InChI=1S/C22H35N3O2/c1-22(2,3)27-21(26)25-11-9-16(10-12-25)15-24(4)20-8-6-17-5-7-19(23)13-18(17)14-20/h5,7,13,16,20H,6,8-12,14-15,23H2,1-4H3. The van der Waals surface area contributed by atoms with Crippen LogP contribution in [-0.4, -0.2) is 54.2 Å². The Labute approximate surface area is 163 Å². The number of likely N-dealkylation sites (N-methyl/N-ethyl adjacent to an activating group) is 1. The Kier molecular flexibility index (Phi) is 5.99. The second-order valence-corrected chi connectivity index (χ2v) is 9.28. The number of rotatable bonds is 3. The fourth-order valence-corrected chi connectivity index (χ4v) is 4.31. The fraction of sp³-hybridized carbons (Fsp3) is 0.682. The first-order valence-electron chi connectivity index (χ1n) is 10.3. The molecule has 0 bridgehead atoms. The minimum absolute atomic E-state index is 0.171. The van der Waals surface area contributed by atoms with E-state index in [9.17, 15) is 4.79 Å². The van der Waals surface area contributed by atoms with Gasteiger partial charge in [0.05, 0.1) is 0 Å². The van der Waals surface area contributed by atoms with Gasteiger partial charge in [-0.1, -0.05) is 6.07 Å². The Morgan fingerprint density at radius 3 is 2.59 bits per heavy atom. The van der Waals surface area contributed by atoms with E-state index in [1.54, 1.807) is 0 Å². The minimum Gasteiger partial charge on any atom is -0.444 e. The van der Waals surface area contributed by atoms with Gasteiger partial charge in [0.15, 0.2) is 0 Å². The number of fused-ring (bicyclic) bond motifs is 1. The van der Waals surface area contributed by atoms with E-state index >= 15 is 0 Å². The number of hydrogen-bond acceptors (Lipinski definition) is 4. The first-order valence-corrected chi connectivity index (χ1v) is 10.3. The second kappa shape index (κ2) is 8.09. The van der Waals surface area contributed by atoms with Gasteiger partial charge < -0.3 is 20.3 Å². The lowest BCUT2D eigenvalue weighted by Gasteiger charge is -2.38. The van der Waals surface area contributed by atoms with Gasteiger partial charge in [0, 0.05) is 31.4 Å². The summed E-state index contributed by atoms with van der Waals surface area (Å²) in [6.45, 7) is 8.47. The number of hydrogen-bond donors (Lipinski definition) is 1. The van der Waals surface area contributed by atoms with Crippen LogP contribution in [0.3, 0.4) is 0 Å². The molecule has 150 valence electrons. The molecule has 1 aromatic carbocycles. The molecule has 3 rings (SSSR count). The van der Waals surface area contributed by atoms with Crippen LogP contribution < -0.4 is 5.73 Å². The molecule has 1 aliphatic carbocycles. The maximum Gasteiger partial charge on any atom is 0.410 e. The van der Waals surface area contributed by atoms with Crippen molar-refractivity contribution in [1.82, 2.24) is 9.80 Å². The van der Waals surface area contributed by atoms with Gasteiger partial charge in [0.25, 0.3) is 0 Å². The quantitative estimate of drug-likeness (QED) is 0.821. The highest BCUT2D eigenvalue weighted by Gasteiger charge is 2.29. The molecule has 2 N–H and O–H groups in total. The number of nitrogens with two attached hydrogens (primary N) is 1. The van der Waals surface area contributed by atoms with Crippen molar-refractivity contribution >= 4 is 11.8 Å². The average molecular weight is 374 g/mol. The molecule has 27 heavy (non-hydrogen) atoms. The summed E-state index contributed by atoms with van der Waals surface area (Å²) in [5.74, 6) is 0.649. The topological polar surface area (TPSA) is 58.8 Å². The molecular weight excluding hydrogens is 338 g/mol. The number of likely N-dealkylation sites (tertiary alicyclic amines) is 1. The molecule has 0 saturated carbocycles. The summed E-state index contributed by atoms with van der Waals surface area (Å²) in [7, 11) is 2.25. The number of nitrogen functional groups attached to an aromatic ring is 1. The second-order valence-electron chi connectivity index (χ2n) is 9.28. The van der Waals surface area contributed by atoms with E-state index in [1.165, 1.54) is 17.5 Å². The summed E-state index contributed by atoms with van der Waals surface area (Å²) in [5, 5.41) is 0. The number of amides is 1. The molecule has 1 aliphatic heterocycles. The van der Waals surface area contributed by atoms with Gasteiger partial charge >= 0.3 is 6.09 Å². The van der Waals surface area contributed by atoms with Crippen molar-refractivity contribution in [2.24, 2.45) is 5.92 Å². The Balaban J connectivity index is 1.47. The highest BCUT2D eigenvalue weighted by molar-refractivity contribution is 5.68. The van der Waals surface area contributed by atoms with E-state index in [1.807, 2.05) is 31.7 Å². The van der Waals surface area contributed by atoms with Crippen molar-refractivity contribution in [3.63, 3.8) is 0 Å². The smallest absolute Gasteiger partial charge is 0.410 e. The van der Waals surface area contributed by atoms with Gasteiger partial charge in [-0.2, -0.15) is 0 Å². The lowest BCUT2D eigenvalue weighted by atomic mass is 9.86. The van der Waals surface area contributed by atoms with Crippen molar-refractivity contribution in [2.75, 3.05) is 32.4 Å². The molecule has 0 spiro atoms. The molecule has 0 aromatic heterocycles. The van der Waals surface area contributed by atoms with E-state index in [0.717, 1.165) is 51.0 Å². The molecule has 0 radical (unpaired) electrons. The van der Waals surface area contributed by atoms with E-state index in [0.29, 0.717) is 12.0 Å². The summed E-state index contributed by atoms with van der Waals surface area (Å²) in [6, 6.07) is 6.94. The van der Waals surface area contributed by atoms with Crippen LogP contribution in [0.2, 0.25) is 0 Å². The van der Waals surface area contributed by atoms with Gasteiger partial charge in [0.2, 0.25) is 0 Å². The van der Waals surface area contributed by atoms with Crippen LogP contribution in [0.1, 0.15) is 51.2 Å². The third-order valence-electron chi connectivity index (χ3n) is 5.87. The van der Waals surface area contributed by atoms with Crippen molar-refractivity contribution in [3.05, 3.63) is 29.3 Å². The lowest BCUT2D eigenvalue weighted by Crippen LogP contribution is -2.45. The molecule has 1 unspecified atom stereocenters.